The van der Waals surface area contributed by atoms with E-state index in [4.69, 9.17) is 4.74 Å². The molecule has 0 atom stereocenters. The van der Waals surface area contributed by atoms with Gasteiger partial charge in [-0.05, 0) is 81.4 Å². The van der Waals surface area contributed by atoms with Crippen molar-refractivity contribution in [2.24, 2.45) is 0 Å². The molecule has 0 bridgehead atoms. The first kappa shape index (κ1) is 30.9. The van der Waals surface area contributed by atoms with Crippen LogP contribution in [-0.4, -0.2) is 6.71 Å². The molecule has 53 heavy (non-hydrogen) atoms. The summed E-state index contributed by atoms with van der Waals surface area (Å²) in [6, 6.07) is 74.0. The second-order valence-corrected chi connectivity index (χ2v) is 13.7. The SMILES string of the molecule is c1ccc(B(c2ccccc2)c2ccc3cc(-c4ccc5c6c(cccc46)Oc4cc(N(c6ccccc6)c6ccccc6)ccc4-5)ccc3c2)cc1. The van der Waals surface area contributed by atoms with E-state index < -0.39 is 0 Å². The highest BCUT2D eigenvalue weighted by molar-refractivity contribution is 6.95. The van der Waals surface area contributed by atoms with Crippen LogP contribution in [0.15, 0.2) is 206 Å². The number of rotatable bonds is 7. The Morgan fingerprint density at radius 1 is 0.358 bits per heavy atom. The molecule has 0 saturated heterocycles. The molecule has 9 aromatic carbocycles. The van der Waals surface area contributed by atoms with Crippen molar-refractivity contribution < 1.29 is 4.74 Å². The van der Waals surface area contributed by atoms with E-state index >= 15 is 0 Å². The molecule has 0 N–H and O–H groups in total. The van der Waals surface area contributed by atoms with Gasteiger partial charge in [-0.2, -0.15) is 0 Å². The molecule has 0 aromatic heterocycles. The summed E-state index contributed by atoms with van der Waals surface area (Å²) in [5.74, 6) is 1.74. The van der Waals surface area contributed by atoms with Gasteiger partial charge in [0.15, 0.2) is 0 Å². The summed E-state index contributed by atoms with van der Waals surface area (Å²) < 4.78 is 6.76. The number of ether oxygens (including phenoxy) is 1. The van der Waals surface area contributed by atoms with E-state index in [-0.39, 0.29) is 6.71 Å². The van der Waals surface area contributed by atoms with Crippen molar-refractivity contribution in [3.63, 3.8) is 0 Å². The summed E-state index contributed by atoms with van der Waals surface area (Å²) in [5, 5.41) is 4.80. The number of fused-ring (bicyclic) bond motifs is 3. The Balaban J connectivity index is 1.03. The molecule has 0 unspecified atom stereocenters. The molecule has 10 rings (SSSR count). The minimum absolute atomic E-state index is 0.167. The van der Waals surface area contributed by atoms with Gasteiger partial charge in [-0.15, -0.1) is 0 Å². The molecule has 9 aromatic rings. The largest absolute Gasteiger partial charge is 0.456 e. The minimum atomic E-state index is 0.167. The number of anilines is 3. The Morgan fingerprint density at radius 3 is 1.62 bits per heavy atom. The topological polar surface area (TPSA) is 12.5 Å². The summed E-state index contributed by atoms with van der Waals surface area (Å²) in [4.78, 5) is 2.27. The van der Waals surface area contributed by atoms with Crippen LogP contribution >= 0.6 is 0 Å². The van der Waals surface area contributed by atoms with Gasteiger partial charge in [0.25, 0.3) is 0 Å². The highest BCUT2D eigenvalue weighted by Crippen LogP contribution is 2.50. The lowest BCUT2D eigenvalue weighted by Gasteiger charge is -2.28. The van der Waals surface area contributed by atoms with E-state index in [9.17, 15) is 0 Å². The van der Waals surface area contributed by atoms with Crippen LogP contribution in [0, 0.1) is 0 Å². The lowest BCUT2D eigenvalue weighted by molar-refractivity contribution is 0.487. The van der Waals surface area contributed by atoms with Crippen molar-refractivity contribution in [1.29, 1.82) is 0 Å². The Hall–Kier alpha value is -6.84. The third-order valence-electron chi connectivity index (χ3n) is 10.5. The smallest absolute Gasteiger partial charge is 0.241 e. The fourth-order valence-electron chi connectivity index (χ4n) is 8.09. The Kier molecular flexibility index (Phi) is 7.62. The van der Waals surface area contributed by atoms with Crippen LogP contribution in [0.5, 0.6) is 11.5 Å². The monoisotopic (exact) mass is 675 g/mol. The van der Waals surface area contributed by atoms with Crippen LogP contribution in [-0.2, 0) is 0 Å². The molecular formula is C50H34BNO. The summed E-state index contributed by atoms with van der Waals surface area (Å²) in [7, 11) is 0. The number of para-hydroxylation sites is 2. The lowest BCUT2D eigenvalue weighted by atomic mass is 9.37. The first-order valence-corrected chi connectivity index (χ1v) is 18.2. The second kappa shape index (κ2) is 13.0. The van der Waals surface area contributed by atoms with Crippen LogP contribution in [0.25, 0.3) is 43.8 Å². The predicted octanol–water partition coefficient (Wildman–Crippen LogP) is 11.4. The van der Waals surface area contributed by atoms with E-state index in [0.29, 0.717) is 0 Å². The summed E-state index contributed by atoms with van der Waals surface area (Å²) in [6.45, 7) is 0.167. The molecule has 0 aliphatic carbocycles. The lowest BCUT2D eigenvalue weighted by Crippen LogP contribution is -2.51. The Morgan fingerprint density at radius 2 is 0.943 bits per heavy atom. The van der Waals surface area contributed by atoms with Crippen LogP contribution in [0.3, 0.4) is 0 Å². The fraction of sp³-hybridized carbons (Fsp3) is 0. The van der Waals surface area contributed by atoms with Gasteiger partial charge in [0.1, 0.15) is 11.5 Å². The Bertz CT molecular complexity index is 2670. The highest BCUT2D eigenvalue weighted by atomic mass is 16.5. The van der Waals surface area contributed by atoms with Crippen molar-refractivity contribution in [3.05, 3.63) is 206 Å². The zero-order chi connectivity index (χ0) is 35.1. The fourth-order valence-corrected chi connectivity index (χ4v) is 8.09. The van der Waals surface area contributed by atoms with Gasteiger partial charge in [0, 0.05) is 34.1 Å². The van der Waals surface area contributed by atoms with Crippen LogP contribution < -0.4 is 26.0 Å². The van der Waals surface area contributed by atoms with Gasteiger partial charge in [0.2, 0.25) is 6.71 Å². The van der Waals surface area contributed by atoms with Gasteiger partial charge in [-0.3, -0.25) is 0 Å². The molecule has 2 nitrogen and oxygen atoms in total. The molecule has 0 saturated carbocycles. The van der Waals surface area contributed by atoms with Crippen molar-refractivity contribution in [2.45, 2.75) is 0 Å². The molecule has 3 heteroatoms. The summed E-state index contributed by atoms with van der Waals surface area (Å²) >= 11 is 0. The molecule has 0 radical (unpaired) electrons. The average Bonchev–Trinajstić information content (AvgIpc) is 3.22. The van der Waals surface area contributed by atoms with E-state index in [1.165, 1.54) is 49.2 Å². The number of benzene rings is 9. The van der Waals surface area contributed by atoms with Gasteiger partial charge < -0.3 is 9.64 Å². The van der Waals surface area contributed by atoms with E-state index in [0.717, 1.165) is 39.5 Å². The predicted molar refractivity (Wildman–Crippen MR) is 225 cm³/mol. The van der Waals surface area contributed by atoms with Crippen molar-refractivity contribution in [2.75, 3.05) is 4.90 Å². The maximum Gasteiger partial charge on any atom is 0.241 e. The van der Waals surface area contributed by atoms with Crippen LogP contribution in [0.1, 0.15) is 0 Å². The van der Waals surface area contributed by atoms with E-state index in [1.54, 1.807) is 0 Å². The minimum Gasteiger partial charge on any atom is -0.456 e. The average molecular weight is 676 g/mol. The highest BCUT2D eigenvalue weighted by Gasteiger charge is 2.25. The van der Waals surface area contributed by atoms with Crippen molar-refractivity contribution in [3.8, 4) is 33.8 Å². The molecule has 1 aliphatic rings. The third-order valence-corrected chi connectivity index (χ3v) is 10.5. The van der Waals surface area contributed by atoms with Crippen molar-refractivity contribution in [1.82, 2.24) is 0 Å². The molecular weight excluding hydrogens is 641 g/mol. The van der Waals surface area contributed by atoms with Gasteiger partial charge in [-0.1, -0.05) is 168 Å². The zero-order valence-corrected chi connectivity index (χ0v) is 29.1. The Labute approximate surface area is 310 Å². The van der Waals surface area contributed by atoms with Crippen molar-refractivity contribution >= 4 is 61.7 Å². The molecule has 1 heterocycles. The molecule has 1 aliphatic heterocycles. The maximum atomic E-state index is 6.76. The van der Waals surface area contributed by atoms with Crippen LogP contribution in [0.4, 0.5) is 17.1 Å². The third kappa shape index (κ3) is 5.55. The second-order valence-electron chi connectivity index (χ2n) is 13.7. The number of hydrogen-bond acceptors (Lipinski definition) is 2. The summed E-state index contributed by atoms with van der Waals surface area (Å²) in [5.41, 5.74) is 11.8. The maximum absolute atomic E-state index is 6.76. The molecule has 0 fully saturated rings. The molecule has 0 amide bonds. The first-order valence-electron chi connectivity index (χ1n) is 18.2. The van der Waals surface area contributed by atoms with E-state index in [2.05, 4.69) is 211 Å². The van der Waals surface area contributed by atoms with Gasteiger partial charge >= 0.3 is 0 Å². The zero-order valence-electron chi connectivity index (χ0n) is 29.1. The van der Waals surface area contributed by atoms with Crippen LogP contribution in [0.2, 0.25) is 0 Å². The molecule has 248 valence electrons. The van der Waals surface area contributed by atoms with Gasteiger partial charge in [-0.25, -0.2) is 0 Å². The summed E-state index contributed by atoms with van der Waals surface area (Å²) in [6.07, 6.45) is 0. The molecule has 0 spiro atoms. The van der Waals surface area contributed by atoms with E-state index in [1.807, 2.05) is 0 Å². The standard InChI is InChI=1S/C50H34BNO/c1-5-14-38(15-6-1)51(39-16-7-2-8-17-39)40-27-26-35-32-37(25-24-36(35)33-40)44-30-31-47-45-29-28-43(34-49(45)53-48-23-13-22-46(44)50(47)48)52(41-18-9-3-10-19-41)42-20-11-4-12-21-42/h1-34H. The first-order chi connectivity index (χ1) is 26.3. The normalized spacial score (nSPS) is 11.5. The number of nitrogens with zero attached hydrogens (tertiary/aromatic N) is 1. The number of hydrogen-bond donors (Lipinski definition) is 0. The van der Waals surface area contributed by atoms with Gasteiger partial charge in [0.05, 0.1) is 0 Å². The quantitative estimate of drug-likeness (QED) is 0.156.